The molecule has 1 aliphatic rings. The maximum absolute atomic E-state index is 12.1. The number of anilines is 2. The van der Waals surface area contributed by atoms with Crippen molar-refractivity contribution in [2.45, 2.75) is 52.3 Å². The lowest BCUT2D eigenvalue weighted by atomic mass is 10.1. The van der Waals surface area contributed by atoms with E-state index in [1.807, 2.05) is 26.8 Å². The Morgan fingerprint density at radius 1 is 1.36 bits per heavy atom. The van der Waals surface area contributed by atoms with E-state index in [2.05, 4.69) is 16.0 Å². The van der Waals surface area contributed by atoms with Gasteiger partial charge in [-0.1, -0.05) is 0 Å². The topological polar surface area (TPSA) is 79.5 Å². The second kappa shape index (κ2) is 5.87. The third-order valence-electron chi connectivity index (χ3n) is 3.19. The average Bonchev–Trinajstić information content (AvgIpc) is 2.38. The second-order valence-corrected chi connectivity index (χ2v) is 6.57. The monoisotopic (exact) mass is 305 g/mol. The molecule has 1 aliphatic heterocycles. The van der Waals surface area contributed by atoms with Crippen molar-refractivity contribution < 1.29 is 14.3 Å². The Morgan fingerprint density at radius 2 is 2.05 bits per heavy atom. The van der Waals surface area contributed by atoms with Crippen molar-refractivity contribution in [3.63, 3.8) is 0 Å². The molecule has 2 amide bonds. The predicted octanol–water partition coefficient (Wildman–Crippen LogP) is 2.12. The van der Waals surface area contributed by atoms with Crippen LogP contribution in [-0.4, -0.2) is 29.5 Å². The van der Waals surface area contributed by atoms with Gasteiger partial charge in [-0.3, -0.25) is 9.59 Å². The molecule has 6 nitrogen and oxygen atoms in total. The molecule has 3 N–H and O–H groups in total. The first kappa shape index (κ1) is 16.1. The molecule has 1 aromatic rings. The lowest BCUT2D eigenvalue weighted by Crippen LogP contribution is -2.47. The molecule has 2 atom stereocenters. The maximum Gasteiger partial charge on any atom is 0.265 e. The van der Waals surface area contributed by atoms with E-state index >= 15 is 0 Å². The number of carbonyl (C=O) groups excluding carboxylic acids is 2. The number of amides is 2. The van der Waals surface area contributed by atoms with E-state index in [0.717, 1.165) is 5.69 Å². The van der Waals surface area contributed by atoms with Gasteiger partial charge in [-0.2, -0.15) is 0 Å². The summed E-state index contributed by atoms with van der Waals surface area (Å²) in [6.45, 7) is 9.29. The van der Waals surface area contributed by atoms with Gasteiger partial charge < -0.3 is 20.7 Å². The number of ether oxygens (including phenoxy) is 1. The van der Waals surface area contributed by atoms with Crippen LogP contribution in [0, 0.1) is 0 Å². The first-order chi connectivity index (χ1) is 10.2. The molecule has 120 valence electrons. The molecule has 0 bridgehead atoms. The molecule has 0 unspecified atom stereocenters. The molecule has 22 heavy (non-hydrogen) atoms. The number of carbonyl (C=O) groups is 2. The van der Waals surface area contributed by atoms with E-state index in [-0.39, 0.29) is 17.4 Å². The number of fused-ring (bicyclic) bond motifs is 1. The van der Waals surface area contributed by atoms with Crippen LogP contribution in [0.4, 0.5) is 11.4 Å². The van der Waals surface area contributed by atoms with Crippen molar-refractivity contribution in [2.75, 3.05) is 10.6 Å². The Hall–Kier alpha value is -2.24. The Balaban J connectivity index is 2.07. The number of nitrogens with one attached hydrogen (secondary N) is 3. The molecule has 1 aromatic carbocycles. The predicted molar refractivity (Wildman–Crippen MR) is 86.1 cm³/mol. The molecule has 1 heterocycles. The van der Waals surface area contributed by atoms with E-state index < -0.39 is 12.1 Å². The molecule has 0 saturated heterocycles. The van der Waals surface area contributed by atoms with Gasteiger partial charge in [-0.25, -0.2) is 0 Å². The molecule has 0 fully saturated rings. The largest absolute Gasteiger partial charge is 0.479 e. The minimum Gasteiger partial charge on any atom is -0.479 e. The molecular weight excluding hydrogens is 282 g/mol. The van der Waals surface area contributed by atoms with Crippen LogP contribution in [0.2, 0.25) is 0 Å². The molecule has 0 saturated carbocycles. The molecular formula is C16H23N3O3. The lowest BCUT2D eigenvalue weighted by Gasteiger charge is -2.26. The summed E-state index contributed by atoms with van der Waals surface area (Å²) in [5.41, 5.74) is 1.08. The summed E-state index contributed by atoms with van der Waals surface area (Å²) in [6.07, 6.45) is -0.497. The molecule has 0 aliphatic carbocycles. The van der Waals surface area contributed by atoms with Crippen molar-refractivity contribution in [1.29, 1.82) is 0 Å². The van der Waals surface area contributed by atoms with E-state index in [4.69, 9.17) is 4.74 Å². The third-order valence-corrected chi connectivity index (χ3v) is 3.19. The third kappa shape index (κ3) is 3.90. The van der Waals surface area contributed by atoms with Gasteiger partial charge in [-0.15, -0.1) is 0 Å². The Bertz CT molecular complexity index is 593. The van der Waals surface area contributed by atoms with Gasteiger partial charge in [0.05, 0.1) is 5.69 Å². The Labute approximate surface area is 130 Å². The number of rotatable bonds is 3. The van der Waals surface area contributed by atoms with E-state index in [9.17, 15) is 9.59 Å². The average molecular weight is 305 g/mol. The number of hydrogen-bond donors (Lipinski definition) is 3. The van der Waals surface area contributed by atoms with Crippen LogP contribution in [-0.2, 0) is 9.59 Å². The van der Waals surface area contributed by atoms with Crippen molar-refractivity contribution in [1.82, 2.24) is 5.32 Å². The summed E-state index contributed by atoms with van der Waals surface area (Å²) >= 11 is 0. The molecule has 6 heteroatoms. The molecule has 2 rings (SSSR count). The zero-order valence-corrected chi connectivity index (χ0v) is 13.6. The minimum absolute atomic E-state index is 0.0841. The highest BCUT2D eigenvalue weighted by molar-refractivity contribution is 5.98. The van der Waals surface area contributed by atoms with Crippen LogP contribution in [0.25, 0.3) is 0 Å². The van der Waals surface area contributed by atoms with Crippen LogP contribution in [0.1, 0.15) is 34.6 Å². The summed E-state index contributed by atoms with van der Waals surface area (Å²) in [7, 11) is 0. The highest BCUT2D eigenvalue weighted by Gasteiger charge is 2.24. The highest BCUT2D eigenvalue weighted by atomic mass is 16.5. The van der Waals surface area contributed by atoms with Crippen molar-refractivity contribution in [3.05, 3.63) is 18.2 Å². The maximum atomic E-state index is 12.1. The molecule has 0 radical (unpaired) electrons. The lowest BCUT2D eigenvalue weighted by molar-refractivity contribution is -0.123. The molecule has 0 aromatic heterocycles. The van der Waals surface area contributed by atoms with Crippen molar-refractivity contribution >= 4 is 23.2 Å². The van der Waals surface area contributed by atoms with Gasteiger partial charge in [0.25, 0.3) is 5.91 Å². The van der Waals surface area contributed by atoms with Gasteiger partial charge in [0.2, 0.25) is 5.91 Å². The van der Waals surface area contributed by atoms with Crippen molar-refractivity contribution in [2.24, 2.45) is 0 Å². The first-order valence-corrected chi connectivity index (χ1v) is 7.36. The van der Waals surface area contributed by atoms with Crippen LogP contribution in [0.5, 0.6) is 5.75 Å². The first-order valence-electron chi connectivity index (χ1n) is 7.36. The summed E-state index contributed by atoms with van der Waals surface area (Å²) in [6, 6.07) is 4.97. The van der Waals surface area contributed by atoms with E-state index in [1.165, 1.54) is 0 Å². The fourth-order valence-electron chi connectivity index (χ4n) is 2.09. The summed E-state index contributed by atoms with van der Waals surface area (Å²) in [5, 5.41) is 8.83. The molecule has 0 spiro atoms. The van der Waals surface area contributed by atoms with Crippen LogP contribution in [0.3, 0.4) is 0 Å². The van der Waals surface area contributed by atoms with Crippen LogP contribution < -0.4 is 20.7 Å². The fourth-order valence-corrected chi connectivity index (χ4v) is 2.09. The fraction of sp³-hybridized carbons (Fsp3) is 0.500. The smallest absolute Gasteiger partial charge is 0.265 e. The summed E-state index contributed by atoms with van der Waals surface area (Å²) in [5.74, 6) is 0.367. The van der Waals surface area contributed by atoms with Gasteiger partial charge >= 0.3 is 0 Å². The van der Waals surface area contributed by atoms with Gasteiger partial charge in [0.1, 0.15) is 11.8 Å². The SMILES string of the molecule is C[C@H](Nc1ccc2c(c1)NC(=O)[C@H](C)O2)C(=O)NC(C)(C)C. The highest BCUT2D eigenvalue weighted by Crippen LogP contribution is 2.32. The zero-order chi connectivity index (χ0) is 16.5. The quantitative estimate of drug-likeness (QED) is 0.799. The van der Waals surface area contributed by atoms with Crippen LogP contribution in [0.15, 0.2) is 18.2 Å². The van der Waals surface area contributed by atoms with Gasteiger partial charge in [0, 0.05) is 11.2 Å². The standard InChI is InChI=1S/C16H23N3O3/c1-9(14(20)19-16(3,4)5)17-11-6-7-13-12(8-11)18-15(21)10(2)22-13/h6-10,17H,1-5H3,(H,18,21)(H,19,20)/t9-,10-/m0/s1. The Morgan fingerprint density at radius 3 is 2.68 bits per heavy atom. The Kier molecular flexibility index (Phi) is 4.30. The normalized spacial score (nSPS) is 18.6. The van der Waals surface area contributed by atoms with Crippen molar-refractivity contribution in [3.8, 4) is 5.75 Å². The van der Waals surface area contributed by atoms with Crippen LogP contribution >= 0.6 is 0 Å². The van der Waals surface area contributed by atoms with E-state index in [0.29, 0.717) is 11.4 Å². The second-order valence-electron chi connectivity index (χ2n) is 6.57. The summed E-state index contributed by atoms with van der Waals surface area (Å²) in [4.78, 5) is 23.7. The number of hydrogen-bond acceptors (Lipinski definition) is 4. The van der Waals surface area contributed by atoms with Gasteiger partial charge in [-0.05, 0) is 52.8 Å². The van der Waals surface area contributed by atoms with Gasteiger partial charge in [0.15, 0.2) is 6.10 Å². The summed E-state index contributed by atoms with van der Waals surface area (Å²) < 4.78 is 5.50. The zero-order valence-electron chi connectivity index (χ0n) is 13.6. The van der Waals surface area contributed by atoms with E-state index in [1.54, 1.807) is 26.0 Å². The number of benzene rings is 1. The minimum atomic E-state index is -0.497.